The Morgan fingerprint density at radius 1 is 1.18 bits per heavy atom. The van der Waals surface area contributed by atoms with Crippen molar-refractivity contribution in [2.24, 2.45) is 5.92 Å². The molecule has 4 rings (SSSR count). The number of rotatable bonds is 7. The number of aliphatic hydroxyl groups is 1. The molecule has 0 aliphatic carbocycles. The van der Waals surface area contributed by atoms with E-state index in [-0.39, 0.29) is 35.2 Å². The van der Waals surface area contributed by atoms with Crippen LogP contribution >= 0.6 is 0 Å². The topological polar surface area (TPSA) is 133 Å². The van der Waals surface area contributed by atoms with E-state index in [1.807, 2.05) is 13.8 Å². The smallest absolute Gasteiger partial charge is 0.335 e. The Hall–Kier alpha value is -4.14. The van der Waals surface area contributed by atoms with Crippen LogP contribution in [0.3, 0.4) is 0 Å². The van der Waals surface area contributed by atoms with Crippen molar-refractivity contribution in [3.05, 3.63) is 64.9 Å². The van der Waals surface area contributed by atoms with Crippen LogP contribution < -0.4 is 9.64 Å². The minimum Gasteiger partial charge on any atom is -0.503 e. The van der Waals surface area contributed by atoms with Gasteiger partial charge in [0.15, 0.2) is 11.5 Å². The summed E-state index contributed by atoms with van der Waals surface area (Å²) in [6.07, 6.45) is 0.162. The molecule has 1 aliphatic rings. The van der Waals surface area contributed by atoms with Crippen LogP contribution in [0.25, 0.3) is 11.0 Å². The van der Waals surface area contributed by atoms with Gasteiger partial charge in [-0.05, 0) is 41.8 Å². The Morgan fingerprint density at radius 2 is 1.88 bits per heavy atom. The number of carbonyl (C=O) groups excluding carboxylic acids is 2. The van der Waals surface area contributed by atoms with Gasteiger partial charge < -0.3 is 19.9 Å². The number of aliphatic hydroxyl groups excluding tert-OH is 1. The molecule has 0 fully saturated rings. The van der Waals surface area contributed by atoms with Crippen molar-refractivity contribution in [2.45, 2.75) is 26.3 Å². The lowest BCUT2D eigenvalue weighted by molar-refractivity contribution is -0.118. The van der Waals surface area contributed by atoms with E-state index >= 15 is 0 Å². The Bertz CT molecular complexity index is 1290. The Balaban J connectivity index is 1.85. The number of H-pyrrole nitrogens is 1. The molecule has 0 saturated heterocycles. The number of Topliss-reactive ketones (excluding diaryl/α,β-unsaturated/α-hetero) is 1. The molecule has 170 valence electrons. The molecule has 0 radical (unpaired) electrons. The Kier molecular flexibility index (Phi) is 5.63. The first-order valence-electron chi connectivity index (χ1n) is 10.4. The van der Waals surface area contributed by atoms with Crippen LogP contribution in [0.5, 0.6) is 5.75 Å². The average Bonchev–Trinajstić information content (AvgIpc) is 3.31. The molecular weight excluding hydrogens is 426 g/mol. The fourth-order valence-electron chi connectivity index (χ4n) is 3.93. The van der Waals surface area contributed by atoms with E-state index in [4.69, 9.17) is 4.74 Å². The first kappa shape index (κ1) is 22.1. The summed E-state index contributed by atoms with van der Waals surface area (Å²) in [5, 5.41) is 20.0. The maximum absolute atomic E-state index is 13.2. The quantitative estimate of drug-likeness (QED) is 0.500. The Morgan fingerprint density at radius 3 is 2.48 bits per heavy atom. The number of ether oxygens (including phenoxy) is 1. The molecular formula is C24H23N3O6. The van der Waals surface area contributed by atoms with E-state index in [9.17, 15) is 24.6 Å². The van der Waals surface area contributed by atoms with Crippen molar-refractivity contribution >= 4 is 34.6 Å². The number of nitrogens with zero attached hydrogens (tertiary/aromatic N) is 2. The number of aromatic nitrogens is 2. The molecule has 3 N–H and O–H groups in total. The number of nitrogens with one attached hydrogen (secondary N) is 1. The number of aromatic amines is 1. The number of hydrogen-bond donors (Lipinski definition) is 3. The number of imidazole rings is 1. The van der Waals surface area contributed by atoms with Crippen LogP contribution in [0.4, 0.5) is 5.95 Å². The predicted molar refractivity (Wildman–Crippen MR) is 120 cm³/mol. The molecule has 0 spiro atoms. The maximum atomic E-state index is 13.2. The third-order valence-corrected chi connectivity index (χ3v) is 5.48. The molecule has 3 aromatic rings. The van der Waals surface area contributed by atoms with Gasteiger partial charge in [-0.2, -0.15) is 0 Å². The summed E-state index contributed by atoms with van der Waals surface area (Å²) >= 11 is 0. The normalized spacial score (nSPS) is 16.2. The molecule has 0 saturated carbocycles. The molecule has 0 bridgehead atoms. The van der Waals surface area contributed by atoms with Gasteiger partial charge in [0.25, 0.3) is 5.91 Å². The number of benzene rings is 2. The highest BCUT2D eigenvalue weighted by molar-refractivity contribution is 6.16. The molecule has 2 heterocycles. The predicted octanol–water partition coefficient (Wildman–Crippen LogP) is 3.78. The third-order valence-electron chi connectivity index (χ3n) is 5.48. The number of carboxylic acids is 1. The third kappa shape index (κ3) is 3.93. The summed E-state index contributed by atoms with van der Waals surface area (Å²) in [6, 6.07) is 10.3. The van der Waals surface area contributed by atoms with Gasteiger partial charge >= 0.3 is 5.97 Å². The maximum Gasteiger partial charge on any atom is 0.335 e. The van der Waals surface area contributed by atoms with Gasteiger partial charge in [0.1, 0.15) is 5.75 Å². The number of ketones is 1. The van der Waals surface area contributed by atoms with E-state index < -0.39 is 23.7 Å². The van der Waals surface area contributed by atoms with E-state index in [0.717, 1.165) is 0 Å². The highest BCUT2D eigenvalue weighted by Gasteiger charge is 2.45. The van der Waals surface area contributed by atoms with E-state index in [1.54, 1.807) is 24.3 Å². The fraction of sp³-hybridized carbons (Fsp3) is 0.250. The summed E-state index contributed by atoms with van der Waals surface area (Å²) in [5.74, 6) is -2.08. The first-order valence-corrected chi connectivity index (χ1v) is 10.4. The molecule has 9 heteroatoms. The largest absolute Gasteiger partial charge is 0.503 e. The number of amides is 1. The second kappa shape index (κ2) is 8.42. The number of methoxy groups -OCH3 is 1. The zero-order valence-corrected chi connectivity index (χ0v) is 18.3. The summed E-state index contributed by atoms with van der Waals surface area (Å²) in [7, 11) is 1.53. The Labute approximate surface area is 189 Å². The lowest BCUT2D eigenvalue weighted by Crippen LogP contribution is -2.32. The van der Waals surface area contributed by atoms with Gasteiger partial charge in [0, 0.05) is 6.42 Å². The molecule has 9 nitrogen and oxygen atoms in total. The zero-order chi connectivity index (χ0) is 23.9. The van der Waals surface area contributed by atoms with Crippen LogP contribution in [0.15, 0.2) is 53.8 Å². The molecule has 2 aromatic carbocycles. The van der Waals surface area contributed by atoms with E-state index in [0.29, 0.717) is 22.3 Å². The van der Waals surface area contributed by atoms with Crippen LogP contribution in [0, 0.1) is 5.92 Å². The van der Waals surface area contributed by atoms with Crippen molar-refractivity contribution in [3.63, 3.8) is 0 Å². The summed E-state index contributed by atoms with van der Waals surface area (Å²) < 4.78 is 5.21. The van der Waals surface area contributed by atoms with Crippen molar-refractivity contribution < 1.29 is 29.3 Å². The second-order valence-corrected chi connectivity index (χ2v) is 8.23. The van der Waals surface area contributed by atoms with Crippen molar-refractivity contribution in [1.82, 2.24) is 9.97 Å². The number of carbonyl (C=O) groups is 3. The molecule has 1 unspecified atom stereocenters. The van der Waals surface area contributed by atoms with Gasteiger partial charge in [-0.1, -0.05) is 26.0 Å². The van der Waals surface area contributed by atoms with Crippen LogP contribution in [-0.2, 0) is 9.59 Å². The molecule has 1 aromatic heterocycles. The van der Waals surface area contributed by atoms with Gasteiger partial charge in [-0.3, -0.25) is 14.5 Å². The summed E-state index contributed by atoms with van der Waals surface area (Å²) in [5.41, 5.74) is 1.51. The van der Waals surface area contributed by atoms with Crippen molar-refractivity contribution in [2.75, 3.05) is 12.0 Å². The minimum absolute atomic E-state index is 0.00514. The van der Waals surface area contributed by atoms with Crippen molar-refractivity contribution in [3.8, 4) is 5.75 Å². The first-order chi connectivity index (χ1) is 15.7. The number of aromatic carboxylic acids is 1. The SMILES string of the molecule is COc1ccc(C2C(C(=O)CC(C)C)=C(O)C(=O)N2c2nc3ccc(C(=O)O)cc3[nH]2)cc1. The highest BCUT2D eigenvalue weighted by atomic mass is 16.5. The van der Waals surface area contributed by atoms with E-state index in [1.165, 1.54) is 30.2 Å². The van der Waals surface area contributed by atoms with Crippen LogP contribution in [0.1, 0.15) is 42.2 Å². The van der Waals surface area contributed by atoms with Gasteiger partial charge in [0.2, 0.25) is 5.95 Å². The fourth-order valence-corrected chi connectivity index (χ4v) is 3.93. The van der Waals surface area contributed by atoms with E-state index in [2.05, 4.69) is 9.97 Å². The number of carboxylic acid groups (broad SMARTS) is 1. The molecule has 1 aliphatic heterocycles. The van der Waals surface area contributed by atoms with Gasteiger partial charge in [-0.25, -0.2) is 9.78 Å². The van der Waals surface area contributed by atoms with Crippen molar-refractivity contribution in [1.29, 1.82) is 0 Å². The summed E-state index contributed by atoms with van der Waals surface area (Å²) in [4.78, 5) is 46.2. The summed E-state index contributed by atoms with van der Waals surface area (Å²) in [6.45, 7) is 3.76. The highest BCUT2D eigenvalue weighted by Crippen LogP contribution is 2.41. The molecule has 1 amide bonds. The monoisotopic (exact) mass is 449 g/mol. The van der Waals surface area contributed by atoms with Crippen LogP contribution in [-0.4, -0.2) is 45.0 Å². The zero-order valence-electron chi connectivity index (χ0n) is 18.3. The average molecular weight is 449 g/mol. The number of fused-ring (bicyclic) bond motifs is 1. The number of anilines is 1. The van der Waals surface area contributed by atoms with Gasteiger partial charge in [0.05, 0.1) is 35.3 Å². The van der Waals surface area contributed by atoms with Gasteiger partial charge in [-0.15, -0.1) is 0 Å². The lowest BCUT2D eigenvalue weighted by atomic mass is 9.92. The number of hydrogen-bond acceptors (Lipinski definition) is 6. The second-order valence-electron chi connectivity index (χ2n) is 8.23. The molecule has 33 heavy (non-hydrogen) atoms. The minimum atomic E-state index is -1.10. The molecule has 1 atom stereocenters. The van der Waals surface area contributed by atoms with Crippen LogP contribution in [0.2, 0.25) is 0 Å². The lowest BCUT2D eigenvalue weighted by Gasteiger charge is -2.25. The standard InChI is InChI=1S/C24H23N3O6/c1-12(2)10-18(28)19-20(13-4-7-15(33-3)8-5-13)27(22(30)21(19)29)24-25-16-9-6-14(23(31)32)11-17(16)26-24/h4-9,11-12,20,29H,10H2,1-3H3,(H,25,26)(H,31,32).